The monoisotopic (exact) mass is 274 g/mol. The number of aromatic nitrogens is 2. The van der Waals surface area contributed by atoms with Crippen LogP contribution in [-0.2, 0) is 4.74 Å². The SMILES string of the molecule is CCOC(=O)c1cn2c3c(cncc3c1=O)OCC2C. The van der Waals surface area contributed by atoms with Crippen LogP contribution >= 0.6 is 0 Å². The molecule has 1 aliphatic rings. The van der Waals surface area contributed by atoms with Gasteiger partial charge in [-0.2, -0.15) is 0 Å². The van der Waals surface area contributed by atoms with Crippen LogP contribution in [0.15, 0.2) is 23.4 Å². The van der Waals surface area contributed by atoms with Crippen molar-refractivity contribution >= 4 is 16.9 Å². The van der Waals surface area contributed by atoms with Crippen molar-refractivity contribution in [2.75, 3.05) is 13.2 Å². The summed E-state index contributed by atoms with van der Waals surface area (Å²) in [5.74, 6) is -0.0413. The first-order valence-corrected chi connectivity index (χ1v) is 6.46. The van der Waals surface area contributed by atoms with Crippen molar-refractivity contribution < 1.29 is 14.3 Å². The van der Waals surface area contributed by atoms with Crippen LogP contribution in [-0.4, -0.2) is 28.7 Å². The molecule has 104 valence electrons. The van der Waals surface area contributed by atoms with E-state index in [-0.39, 0.29) is 23.6 Å². The molecule has 1 atom stereocenters. The quantitative estimate of drug-likeness (QED) is 0.777. The fraction of sp³-hybridized carbons (Fsp3) is 0.357. The molecule has 0 bridgehead atoms. The van der Waals surface area contributed by atoms with Crippen molar-refractivity contribution in [1.82, 2.24) is 9.55 Å². The van der Waals surface area contributed by atoms with Crippen molar-refractivity contribution in [1.29, 1.82) is 0 Å². The molecule has 1 unspecified atom stereocenters. The molecule has 3 rings (SSSR count). The van der Waals surface area contributed by atoms with E-state index in [4.69, 9.17) is 9.47 Å². The maximum Gasteiger partial charge on any atom is 0.343 e. The number of esters is 1. The second-order valence-electron chi connectivity index (χ2n) is 4.69. The number of pyridine rings is 2. The second kappa shape index (κ2) is 4.63. The number of carbonyl (C=O) groups excluding carboxylic acids is 1. The van der Waals surface area contributed by atoms with Crippen molar-refractivity contribution in [3.05, 3.63) is 34.4 Å². The molecule has 2 aromatic heterocycles. The third-order valence-corrected chi connectivity index (χ3v) is 3.35. The number of hydrogen-bond donors (Lipinski definition) is 0. The molecule has 3 heterocycles. The minimum absolute atomic E-state index is 0.0289. The molecule has 0 fully saturated rings. The van der Waals surface area contributed by atoms with E-state index >= 15 is 0 Å². The zero-order chi connectivity index (χ0) is 14.3. The average Bonchev–Trinajstić information content (AvgIpc) is 2.45. The van der Waals surface area contributed by atoms with Crippen molar-refractivity contribution in [3.8, 4) is 5.75 Å². The van der Waals surface area contributed by atoms with Gasteiger partial charge in [0.1, 0.15) is 12.2 Å². The molecule has 0 saturated heterocycles. The minimum atomic E-state index is -0.604. The summed E-state index contributed by atoms with van der Waals surface area (Å²) in [6.45, 7) is 4.37. The van der Waals surface area contributed by atoms with Crippen LogP contribution in [0.1, 0.15) is 30.2 Å². The Morgan fingerprint density at radius 3 is 3.10 bits per heavy atom. The van der Waals surface area contributed by atoms with Gasteiger partial charge in [0.25, 0.3) is 0 Å². The Hall–Kier alpha value is -2.37. The van der Waals surface area contributed by atoms with E-state index in [9.17, 15) is 9.59 Å². The van der Waals surface area contributed by atoms with Crippen LogP contribution in [0.3, 0.4) is 0 Å². The third-order valence-electron chi connectivity index (χ3n) is 3.35. The Labute approximate surface area is 114 Å². The molecule has 0 spiro atoms. The van der Waals surface area contributed by atoms with Crippen LogP contribution in [0.2, 0.25) is 0 Å². The highest BCUT2D eigenvalue weighted by Gasteiger charge is 2.24. The fourth-order valence-electron chi connectivity index (χ4n) is 2.37. The van der Waals surface area contributed by atoms with E-state index in [1.54, 1.807) is 19.3 Å². The molecule has 20 heavy (non-hydrogen) atoms. The Bertz CT molecular complexity index is 751. The van der Waals surface area contributed by atoms with Crippen LogP contribution in [0.25, 0.3) is 10.9 Å². The Kier molecular flexibility index (Phi) is 2.93. The maximum absolute atomic E-state index is 12.4. The van der Waals surface area contributed by atoms with Crippen LogP contribution in [0.4, 0.5) is 0 Å². The van der Waals surface area contributed by atoms with Crippen molar-refractivity contribution in [3.63, 3.8) is 0 Å². The first-order chi connectivity index (χ1) is 9.63. The van der Waals surface area contributed by atoms with Crippen LogP contribution < -0.4 is 10.2 Å². The van der Waals surface area contributed by atoms with E-state index in [0.29, 0.717) is 23.3 Å². The molecule has 0 aliphatic carbocycles. The van der Waals surface area contributed by atoms with Gasteiger partial charge in [0.15, 0.2) is 5.75 Å². The van der Waals surface area contributed by atoms with Crippen molar-refractivity contribution in [2.45, 2.75) is 19.9 Å². The van der Waals surface area contributed by atoms with Gasteiger partial charge in [-0.15, -0.1) is 0 Å². The highest BCUT2D eigenvalue weighted by molar-refractivity contribution is 5.95. The van der Waals surface area contributed by atoms with Gasteiger partial charge in [0.2, 0.25) is 5.43 Å². The zero-order valence-corrected chi connectivity index (χ0v) is 11.3. The van der Waals surface area contributed by atoms with Gasteiger partial charge in [-0.25, -0.2) is 4.79 Å². The number of nitrogens with zero attached hydrogens (tertiary/aromatic N) is 2. The summed E-state index contributed by atoms with van der Waals surface area (Å²) in [6, 6.07) is 0.0289. The lowest BCUT2D eigenvalue weighted by atomic mass is 10.1. The highest BCUT2D eigenvalue weighted by atomic mass is 16.5. The van der Waals surface area contributed by atoms with Crippen LogP contribution in [0.5, 0.6) is 5.75 Å². The van der Waals surface area contributed by atoms with Gasteiger partial charge in [0, 0.05) is 12.4 Å². The third kappa shape index (κ3) is 1.76. The molecule has 2 aromatic rings. The Morgan fingerprint density at radius 2 is 2.35 bits per heavy atom. The summed E-state index contributed by atoms with van der Waals surface area (Å²) in [4.78, 5) is 28.3. The predicted molar refractivity (Wildman–Crippen MR) is 72.2 cm³/mol. The summed E-state index contributed by atoms with van der Waals surface area (Å²) in [5.41, 5.74) is 0.339. The Balaban J connectivity index is 2.34. The summed E-state index contributed by atoms with van der Waals surface area (Å²) in [7, 11) is 0. The fourth-order valence-corrected chi connectivity index (χ4v) is 2.37. The molecule has 0 amide bonds. The lowest BCUT2D eigenvalue weighted by molar-refractivity contribution is 0.0523. The van der Waals surface area contributed by atoms with Gasteiger partial charge in [-0.1, -0.05) is 0 Å². The lowest BCUT2D eigenvalue weighted by Gasteiger charge is -2.26. The van der Waals surface area contributed by atoms with E-state index in [0.717, 1.165) is 0 Å². The summed E-state index contributed by atoms with van der Waals surface area (Å²) in [6.07, 6.45) is 4.59. The molecule has 1 aliphatic heterocycles. The number of carbonyl (C=O) groups is 1. The van der Waals surface area contributed by atoms with E-state index in [1.165, 1.54) is 6.20 Å². The van der Waals surface area contributed by atoms with Gasteiger partial charge >= 0.3 is 5.97 Å². The highest BCUT2D eigenvalue weighted by Crippen LogP contribution is 2.30. The molecule has 0 radical (unpaired) electrons. The zero-order valence-electron chi connectivity index (χ0n) is 11.3. The lowest BCUT2D eigenvalue weighted by Crippen LogP contribution is -2.27. The summed E-state index contributed by atoms with van der Waals surface area (Å²) >= 11 is 0. The van der Waals surface area contributed by atoms with E-state index in [2.05, 4.69) is 4.98 Å². The molecular formula is C14H14N2O4. The molecule has 6 nitrogen and oxygen atoms in total. The molecule has 0 saturated carbocycles. The summed E-state index contributed by atoms with van der Waals surface area (Å²) < 4.78 is 12.4. The largest absolute Gasteiger partial charge is 0.488 e. The van der Waals surface area contributed by atoms with E-state index in [1.807, 2.05) is 11.5 Å². The maximum atomic E-state index is 12.4. The van der Waals surface area contributed by atoms with Gasteiger partial charge in [0.05, 0.1) is 29.7 Å². The second-order valence-corrected chi connectivity index (χ2v) is 4.69. The first-order valence-electron chi connectivity index (χ1n) is 6.46. The van der Waals surface area contributed by atoms with Gasteiger partial charge < -0.3 is 14.0 Å². The standard InChI is InChI=1S/C14H14N2O4/c1-3-19-14(18)10-6-16-8(2)7-20-11-5-15-4-9(12(11)16)13(10)17/h4-6,8H,3,7H2,1-2H3. The number of hydrogen-bond acceptors (Lipinski definition) is 5. The van der Waals surface area contributed by atoms with Gasteiger partial charge in [-0.05, 0) is 13.8 Å². The smallest absolute Gasteiger partial charge is 0.343 e. The molecule has 0 N–H and O–H groups in total. The molecule has 6 heteroatoms. The number of rotatable bonds is 2. The molecular weight excluding hydrogens is 260 g/mol. The minimum Gasteiger partial charge on any atom is -0.488 e. The van der Waals surface area contributed by atoms with Crippen molar-refractivity contribution in [2.24, 2.45) is 0 Å². The Morgan fingerprint density at radius 1 is 1.55 bits per heavy atom. The summed E-state index contributed by atoms with van der Waals surface area (Å²) in [5, 5.41) is 0.375. The molecule has 0 aromatic carbocycles. The normalized spacial score (nSPS) is 16.8. The van der Waals surface area contributed by atoms with E-state index < -0.39 is 5.97 Å². The topological polar surface area (TPSA) is 70.4 Å². The average molecular weight is 274 g/mol. The van der Waals surface area contributed by atoms with Crippen LogP contribution in [0, 0.1) is 0 Å². The van der Waals surface area contributed by atoms with Gasteiger partial charge in [-0.3, -0.25) is 9.78 Å². The number of ether oxygens (including phenoxy) is 2. The first kappa shape index (κ1) is 12.7. The predicted octanol–water partition coefficient (Wildman–Crippen LogP) is 1.53.